The van der Waals surface area contributed by atoms with Gasteiger partial charge in [-0.2, -0.15) is 0 Å². The maximum Gasteiger partial charge on any atom is 0.225 e. The van der Waals surface area contributed by atoms with Crippen LogP contribution in [0.2, 0.25) is 0 Å². The summed E-state index contributed by atoms with van der Waals surface area (Å²) in [6, 6.07) is 15.9. The summed E-state index contributed by atoms with van der Waals surface area (Å²) in [5.74, 6) is 1.31. The highest BCUT2D eigenvalue weighted by molar-refractivity contribution is 9.10. The Morgan fingerprint density at radius 1 is 1.03 bits per heavy atom. The van der Waals surface area contributed by atoms with Crippen molar-refractivity contribution in [2.45, 2.75) is 44.9 Å². The Bertz CT molecular complexity index is 994. The molecule has 0 aromatic heterocycles. The van der Waals surface area contributed by atoms with Gasteiger partial charge in [0.15, 0.2) is 5.78 Å². The number of ether oxygens (including phenoxy) is 1. The van der Waals surface area contributed by atoms with Crippen molar-refractivity contribution in [3.63, 3.8) is 0 Å². The van der Waals surface area contributed by atoms with Crippen molar-refractivity contribution in [3.05, 3.63) is 75.4 Å². The molecule has 2 aromatic rings. The predicted octanol–water partition coefficient (Wildman–Crippen LogP) is 5.49. The monoisotopic (exact) mass is 467 g/mol. The first-order chi connectivity index (χ1) is 14.4. The Balaban J connectivity index is 1.58. The van der Waals surface area contributed by atoms with Gasteiger partial charge in [-0.1, -0.05) is 54.0 Å². The smallest absolute Gasteiger partial charge is 0.225 e. The Morgan fingerprint density at radius 2 is 1.80 bits per heavy atom. The molecule has 1 aliphatic heterocycles. The van der Waals surface area contributed by atoms with Crippen LogP contribution in [0.4, 0.5) is 0 Å². The topological polar surface area (TPSA) is 55.4 Å². The molecule has 0 radical (unpaired) electrons. The third-order valence-electron chi connectivity index (χ3n) is 5.72. The van der Waals surface area contributed by atoms with Crippen LogP contribution in [0.25, 0.3) is 0 Å². The van der Waals surface area contributed by atoms with Gasteiger partial charge in [-0.25, -0.2) is 0 Å². The number of ketones is 1. The zero-order valence-electron chi connectivity index (χ0n) is 17.3. The fourth-order valence-corrected chi connectivity index (χ4v) is 4.72. The quantitative estimate of drug-likeness (QED) is 0.632. The van der Waals surface area contributed by atoms with E-state index in [4.69, 9.17) is 4.74 Å². The second kappa shape index (κ2) is 8.76. The molecule has 30 heavy (non-hydrogen) atoms. The zero-order valence-corrected chi connectivity index (χ0v) is 18.9. The highest BCUT2D eigenvalue weighted by Gasteiger charge is 2.38. The molecule has 1 N–H and O–H groups in total. The number of hydrogen-bond donors (Lipinski definition) is 1. The molecule has 5 heteroatoms. The predicted molar refractivity (Wildman–Crippen MR) is 120 cm³/mol. The van der Waals surface area contributed by atoms with Crippen molar-refractivity contribution in [2.75, 3.05) is 6.61 Å². The Kier molecular flexibility index (Phi) is 6.09. The Labute approximate surface area is 185 Å². The van der Waals surface area contributed by atoms with E-state index in [1.807, 2.05) is 48.5 Å². The van der Waals surface area contributed by atoms with Crippen LogP contribution in [-0.4, -0.2) is 18.3 Å². The maximum atomic E-state index is 13.2. The zero-order chi connectivity index (χ0) is 21.3. The van der Waals surface area contributed by atoms with E-state index in [0.29, 0.717) is 31.8 Å². The van der Waals surface area contributed by atoms with Crippen molar-refractivity contribution in [1.29, 1.82) is 0 Å². The minimum atomic E-state index is -0.175. The van der Waals surface area contributed by atoms with Crippen LogP contribution in [0.3, 0.4) is 0 Å². The lowest BCUT2D eigenvalue weighted by Gasteiger charge is -2.34. The SMILES string of the molecule is CC(C)COc1ccc(C2CC(=O)C3=C(C2)NC(=O)CC3c2cccc(Br)c2)cc1. The molecule has 2 aromatic carbocycles. The molecule has 0 bridgehead atoms. The lowest BCUT2D eigenvalue weighted by molar-refractivity contribution is -0.122. The van der Waals surface area contributed by atoms with E-state index in [1.165, 1.54) is 0 Å². The molecule has 2 aliphatic rings. The number of Topliss-reactive ketones (excluding diaryl/α,β-unsaturated/α-hetero) is 1. The summed E-state index contributed by atoms with van der Waals surface area (Å²) in [7, 11) is 0. The van der Waals surface area contributed by atoms with E-state index in [9.17, 15) is 9.59 Å². The highest BCUT2D eigenvalue weighted by Crippen LogP contribution is 2.43. The van der Waals surface area contributed by atoms with Crippen molar-refractivity contribution < 1.29 is 14.3 Å². The molecular formula is C25H26BrNO3. The molecule has 0 fully saturated rings. The summed E-state index contributed by atoms with van der Waals surface area (Å²) in [5, 5.41) is 2.99. The Morgan fingerprint density at radius 3 is 2.50 bits per heavy atom. The lowest BCUT2D eigenvalue weighted by atomic mass is 9.73. The van der Waals surface area contributed by atoms with Gasteiger partial charge in [0, 0.05) is 34.5 Å². The Hall–Kier alpha value is -2.40. The van der Waals surface area contributed by atoms with E-state index in [1.54, 1.807) is 0 Å². The van der Waals surface area contributed by atoms with Crippen LogP contribution >= 0.6 is 15.9 Å². The second-order valence-electron chi connectivity index (χ2n) is 8.55. The normalized spacial score (nSPS) is 21.5. The molecule has 4 rings (SSSR count). The van der Waals surface area contributed by atoms with Gasteiger partial charge in [0.2, 0.25) is 5.91 Å². The summed E-state index contributed by atoms with van der Waals surface area (Å²) in [6.45, 7) is 4.92. The van der Waals surface area contributed by atoms with E-state index >= 15 is 0 Å². The molecule has 1 heterocycles. The summed E-state index contributed by atoms with van der Waals surface area (Å²) in [6.07, 6.45) is 1.45. The number of amides is 1. The molecule has 1 amide bonds. The number of carbonyl (C=O) groups is 2. The number of allylic oxidation sites excluding steroid dienone is 2. The number of nitrogens with one attached hydrogen (secondary N) is 1. The summed E-state index contributed by atoms with van der Waals surface area (Å²) < 4.78 is 6.72. The van der Waals surface area contributed by atoms with Gasteiger partial charge in [-0.15, -0.1) is 0 Å². The third-order valence-corrected chi connectivity index (χ3v) is 6.22. The molecule has 2 unspecified atom stereocenters. The van der Waals surface area contributed by atoms with Crippen LogP contribution < -0.4 is 10.1 Å². The van der Waals surface area contributed by atoms with E-state index in [2.05, 4.69) is 35.1 Å². The second-order valence-corrected chi connectivity index (χ2v) is 9.47. The summed E-state index contributed by atoms with van der Waals surface area (Å²) >= 11 is 3.50. The summed E-state index contributed by atoms with van der Waals surface area (Å²) in [4.78, 5) is 25.6. The van der Waals surface area contributed by atoms with Crippen molar-refractivity contribution in [1.82, 2.24) is 5.32 Å². The molecule has 4 nitrogen and oxygen atoms in total. The van der Waals surface area contributed by atoms with Crippen LogP contribution in [0, 0.1) is 5.92 Å². The number of benzene rings is 2. The van der Waals surface area contributed by atoms with Crippen molar-refractivity contribution in [3.8, 4) is 5.75 Å². The maximum absolute atomic E-state index is 13.2. The number of hydrogen-bond acceptors (Lipinski definition) is 3. The van der Waals surface area contributed by atoms with Gasteiger partial charge in [0.05, 0.1) is 6.61 Å². The van der Waals surface area contributed by atoms with Gasteiger partial charge in [-0.3, -0.25) is 9.59 Å². The summed E-state index contributed by atoms with van der Waals surface area (Å²) in [5.41, 5.74) is 3.68. The van der Waals surface area contributed by atoms with Crippen LogP contribution in [0.1, 0.15) is 56.1 Å². The van der Waals surface area contributed by atoms with Crippen LogP contribution in [0.5, 0.6) is 5.75 Å². The van der Waals surface area contributed by atoms with Gasteiger partial charge >= 0.3 is 0 Å². The molecule has 1 aliphatic carbocycles. The molecule has 2 atom stereocenters. The van der Waals surface area contributed by atoms with Gasteiger partial charge < -0.3 is 10.1 Å². The highest BCUT2D eigenvalue weighted by atomic mass is 79.9. The first kappa shape index (κ1) is 20.9. The van der Waals surface area contributed by atoms with E-state index in [0.717, 1.165) is 32.6 Å². The number of carbonyl (C=O) groups excluding carboxylic acids is 2. The fraction of sp³-hybridized carbons (Fsp3) is 0.360. The minimum absolute atomic E-state index is 0.0235. The molecule has 0 saturated heterocycles. The van der Waals surface area contributed by atoms with E-state index in [-0.39, 0.29) is 23.5 Å². The average molecular weight is 468 g/mol. The average Bonchev–Trinajstić information content (AvgIpc) is 2.71. The van der Waals surface area contributed by atoms with Crippen molar-refractivity contribution >= 4 is 27.6 Å². The number of halogens is 1. The molecule has 0 spiro atoms. The fourth-order valence-electron chi connectivity index (χ4n) is 4.30. The van der Waals surface area contributed by atoms with E-state index < -0.39 is 0 Å². The lowest BCUT2D eigenvalue weighted by Crippen LogP contribution is -2.38. The third kappa shape index (κ3) is 4.51. The minimum Gasteiger partial charge on any atom is -0.493 e. The van der Waals surface area contributed by atoms with Gasteiger partial charge in [0.25, 0.3) is 0 Å². The number of rotatable bonds is 5. The first-order valence-corrected chi connectivity index (χ1v) is 11.2. The first-order valence-electron chi connectivity index (χ1n) is 10.4. The standard InChI is InChI=1S/C25H26BrNO3/c1-15(2)14-30-20-8-6-16(7-9-20)18-11-22-25(23(28)12-18)21(13-24(29)27-22)17-4-3-5-19(26)10-17/h3-10,15,18,21H,11-14H2,1-2H3,(H,27,29). The van der Waals surface area contributed by atoms with Crippen LogP contribution in [-0.2, 0) is 9.59 Å². The molecular weight excluding hydrogens is 442 g/mol. The van der Waals surface area contributed by atoms with Gasteiger partial charge in [-0.05, 0) is 53.6 Å². The molecule has 156 valence electrons. The van der Waals surface area contributed by atoms with Crippen LogP contribution in [0.15, 0.2) is 64.3 Å². The largest absolute Gasteiger partial charge is 0.493 e. The van der Waals surface area contributed by atoms with Gasteiger partial charge in [0.1, 0.15) is 5.75 Å². The van der Waals surface area contributed by atoms with Crippen molar-refractivity contribution in [2.24, 2.45) is 5.92 Å². The molecule has 0 saturated carbocycles.